The van der Waals surface area contributed by atoms with Gasteiger partial charge < -0.3 is 5.73 Å². The van der Waals surface area contributed by atoms with Crippen molar-refractivity contribution in [1.82, 2.24) is 4.90 Å². The highest BCUT2D eigenvalue weighted by molar-refractivity contribution is 5.51. The van der Waals surface area contributed by atoms with E-state index in [-0.39, 0.29) is 0 Å². The number of rotatable bonds is 1. The number of nitrogens with two attached hydrogens (primary N) is 1. The lowest BCUT2D eigenvalue weighted by Crippen LogP contribution is -2.39. The predicted octanol–water partition coefficient (Wildman–Crippen LogP) is 3.74. The fourth-order valence-corrected chi connectivity index (χ4v) is 3.74. The highest BCUT2D eigenvalue weighted by atomic mass is 15.2. The molecule has 1 fully saturated rings. The van der Waals surface area contributed by atoms with Gasteiger partial charge in [-0.1, -0.05) is 44.2 Å². The molecule has 2 nitrogen and oxygen atoms in total. The van der Waals surface area contributed by atoms with Gasteiger partial charge in [-0.2, -0.15) is 0 Å². The number of hydrogen-bond donors (Lipinski definition) is 1. The van der Waals surface area contributed by atoms with Gasteiger partial charge in [-0.15, -0.1) is 0 Å². The molecule has 19 heavy (non-hydrogen) atoms. The lowest BCUT2D eigenvalue weighted by molar-refractivity contribution is 0.150. The summed E-state index contributed by atoms with van der Waals surface area (Å²) in [6.07, 6.45) is 11.1. The SMILES string of the molecule is Nc1cccc2c1CN(C1CCCCCCC1)CC2. The summed E-state index contributed by atoms with van der Waals surface area (Å²) in [5, 5.41) is 0. The van der Waals surface area contributed by atoms with E-state index in [0.29, 0.717) is 0 Å². The first-order valence-electron chi connectivity index (χ1n) is 7.95. The minimum Gasteiger partial charge on any atom is -0.398 e. The Morgan fingerprint density at radius 3 is 2.53 bits per heavy atom. The van der Waals surface area contributed by atoms with Crippen molar-refractivity contribution in [2.45, 2.75) is 64.0 Å². The van der Waals surface area contributed by atoms with Crippen LogP contribution in [0.15, 0.2) is 18.2 Å². The van der Waals surface area contributed by atoms with Crippen molar-refractivity contribution in [3.63, 3.8) is 0 Å². The van der Waals surface area contributed by atoms with E-state index in [9.17, 15) is 0 Å². The minimum atomic E-state index is 0.799. The predicted molar refractivity (Wildman–Crippen MR) is 81.1 cm³/mol. The van der Waals surface area contributed by atoms with Crippen molar-refractivity contribution in [2.24, 2.45) is 0 Å². The zero-order valence-corrected chi connectivity index (χ0v) is 11.9. The van der Waals surface area contributed by atoms with E-state index in [1.165, 1.54) is 69.0 Å². The lowest BCUT2D eigenvalue weighted by atomic mass is 9.92. The van der Waals surface area contributed by atoms with Crippen molar-refractivity contribution in [2.75, 3.05) is 12.3 Å². The van der Waals surface area contributed by atoms with Crippen molar-refractivity contribution in [1.29, 1.82) is 0 Å². The van der Waals surface area contributed by atoms with Crippen molar-refractivity contribution < 1.29 is 0 Å². The summed E-state index contributed by atoms with van der Waals surface area (Å²) in [6, 6.07) is 7.20. The molecular weight excluding hydrogens is 232 g/mol. The average Bonchev–Trinajstić information content (AvgIpc) is 2.39. The summed E-state index contributed by atoms with van der Waals surface area (Å²) in [5.74, 6) is 0. The van der Waals surface area contributed by atoms with E-state index in [0.717, 1.165) is 18.3 Å². The van der Waals surface area contributed by atoms with Gasteiger partial charge in [0.2, 0.25) is 0 Å². The molecule has 3 rings (SSSR count). The Kier molecular flexibility index (Phi) is 4.07. The van der Waals surface area contributed by atoms with E-state index in [2.05, 4.69) is 23.1 Å². The highest BCUT2D eigenvalue weighted by Gasteiger charge is 2.24. The number of hydrogen-bond acceptors (Lipinski definition) is 2. The summed E-state index contributed by atoms with van der Waals surface area (Å²) in [7, 11) is 0. The molecule has 0 unspecified atom stereocenters. The molecule has 1 heterocycles. The maximum atomic E-state index is 6.16. The zero-order chi connectivity index (χ0) is 13.1. The van der Waals surface area contributed by atoms with Gasteiger partial charge in [0.15, 0.2) is 0 Å². The fraction of sp³-hybridized carbons (Fsp3) is 0.647. The molecule has 1 saturated carbocycles. The first kappa shape index (κ1) is 13.0. The largest absolute Gasteiger partial charge is 0.398 e. The van der Waals surface area contributed by atoms with Gasteiger partial charge >= 0.3 is 0 Å². The van der Waals surface area contributed by atoms with E-state index < -0.39 is 0 Å². The standard InChI is InChI=1S/C17H26N2/c18-17-10-6-7-14-11-12-19(13-16(14)17)15-8-4-2-1-3-5-9-15/h6-7,10,15H,1-5,8-9,11-13,18H2. The molecule has 2 N–H and O–H groups in total. The second-order valence-electron chi connectivity index (χ2n) is 6.20. The average molecular weight is 258 g/mol. The van der Waals surface area contributed by atoms with E-state index >= 15 is 0 Å². The van der Waals surface area contributed by atoms with Gasteiger partial charge in [-0.05, 0) is 36.5 Å². The Hall–Kier alpha value is -1.02. The molecule has 1 aliphatic carbocycles. The van der Waals surface area contributed by atoms with Crippen LogP contribution in [0.2, 0.25) is 0 Å². The Morgan fingerprint density at radius 1 is 1.00 bits per heavy atom. The summed E-state index contributed by atoms with van der Waals surface area (Å²) >= 11 is 0. The van der Waals surface area contributed by atoms with Crippen LogP contribution in [0.25, 0.3) is 0 Å². The number of benzene rings is 1. The zero-order valence-electron chi connectivity index (χ0n) is 11.9. The van der Waals surface area contributed by atoms with Gasteiger partial charge in [-0.25, -0.2) is 0 Å². The lowest BCUT2D eigenvalue weighted by Gasteiger charge is -2.37. The van der Waals surface area contributed by atoms with Crippen LogP contribution < -0.4 is 5.73 Å². The molecule has 2 heteroatoms. The van der Waals surface area contributed by atoms with E-state index in [1.54, 1.807) is 0 Å². The van der Waals surface area contributed by atoms with Crippen LogP contribution in [0.5, 0.6) is 0 Å². The van der Waals surface area contributed by atoms with Gasteiger partial charge in [0, 0.05) is 24.8 Å². The highest BCUT2D eigenvalue weighted by Crippen LogP contribution is 2.29. The quantitative estimate of drug-likeness (QED) is 0.778. The summed E-state index contributed by atoms with van der Waals surface area (Å²) in [4.78, 5) is 2.70. The molecule has 0 aromatic heterocycles. The molecule has 0 atom stereocenters. The maximum Gasteiger partial charge on any atom is 0.0362 e. The van der Waals surface area contributed by atoms with Crippen molar-refractivity contribution >= 4 is 5.69 Å². The molecule has 0 radical (unpaired) electrons. The second-order valence-corrected chi connectivity index (χ2v) is 6.20. The molecule has 104 valence electrons. The Labute approximate surface area is 117 Å². The van der Waals surface area contributed by atoms with Gasteiger partial charge in [0.05, 0.1) is 0 Å². The van der Waals surface area contributed by atoms with E-state index in [1.807, 2.05) is 0 Å². The summed E-state index contributed by atoms with van der Waals surface area (Å²) in [5.41, 5.74) is 10.0. The van der Waals surface area contributed by atoms with Crippen LogP contribution in [0.1, 0.15) is 56.1 Å². The molecule has 0 spiro atoms. The van der Waals surface area contributed by atoms with Crippen LogP contribution in [0, 0.1) is 0 Å². The van der Waals surface area contributed by atoms with Crippen LogP contribution in [0.4, 0.5) is 5.69 Å². The molecule has 0 saturated heterocycles. The van der Waals surface area contributed by atoms with Crippen LogP contribution >= 0.6 is 0 Å². The van der Waals surface area contributed by atoms with Gasteiger partial charge in [0.25, 0.3) is 0 Å². The van der Waals surface area contributed by atoms with Crippen molar-refractivity contribution in [3.8, 4) is 0 Å². The normalized spacial score (nSPS) is 22.5. The van der Waals surface area contributed by atoms with Gasteiger partial charge in [0.1, 0.15) is 0 Å². The third kappa shape index (κ3) is 2.94. The fourth-order valence-electron chi connectivity index (χ4n) is 3.74. The van der Waals surface area contributed by atoms with Crippen LogP contribution in [0.3, 0.4) is 0 Å². The Bertz CT molecular complexity index is 419. The second kappa shape index (κ2) is 5.96. The number of nitrogens with zero attached hydrogens (tertiary/aromatic N) is 1. The smallest absolute Gasteiger partial charge is 0.0362 e. The summed E-state index contributed by atoms with van der Waals surface area (Å²) in [6.45, 7) is 2.30. The molecule has 1 aromatic carbocycles. The molecule has 2 aliphatic rings. The maximum absolute atomic E-state index is 6.16. The Morgan fingerprint density at radius 2 is 1.74 bits per heavy atom. The molecular formula is C17H26N2. The summed E-state index contributed by atoms with van der Waals surface area (Å²) < 4.78 is 0. The minimum absolute atomic E-state index is 0.799. The van der Waals surface area contributed by atoms with Gasteiger partial charge in [-0.3, -0.25) is 4.90 Å². The van der Waals surface area contributed by atoms with Crippen LogP contribution in [-0.2, 0) is 13.0 Å². The Balaban J connectivity index is 1.71. The van der Waals surface area contributed by atoms with Crippen molar-refractivity contribution in [3.05, 3.63) is 29.3 Å². The third-order valence-electron chi connectivity index (χ3n) is 4.93. The molecule has 1 aromatic rings. The topological polar surface area (TPSA) is 29.3 Å². The number of anilines is 1. The number of nitrogen functional groups attached to an aromatic ring is 1. The molecule has 1 aliphatic heterocycles. The molecule has 0 amide bonds. The van der Waals surface area contributed by atoms with Crippen LogP contribution in [-0.4, -0.2) is 17.5 Å². The number of fused-ring (bicyclic) bond motifs is 1. The first-order chi connectivity index (χ1) is 9.34. The third-order valence-corrected chi connectivity index (χ3v) is 4.93. The first-order valence-corrected chi connectivity index (χ1v) is 7.95. The van der Waals surface area contributed by atoms with E-state index in [4.69, 9.17) is 5.73 Å². The molecule has 0 bridgehead atoms. The monoisotopic (exact) mass is 258 g/mol.